The molecule has 0 spiro atoms. The van der Waals surface area contributed by atoms with Gasteiger partial charge in [0.1, 0.15) is 5.69 Å². The molecular weight excluding hydrogens is 502 g/mol. The van der Waals surface area contributed by atoms with Gasteiger partial charge < -0.3 is 4.98 Å². The second-order valence-corrected chi connectivity index (χ2v) is 11.5. The van der Waals surface area contributed by atoms with E-state index in [1.807, 2.05) is 24.5 Å². The highest BCUT2D eigenvalue weighted by atomic mass is 32.1. The maximum Gasteiger partial charge on any atom is 0.169 e. The average Bonchev–Trinajstić information content (AvgIpc) is 3.71. The predicted molar refractivity (Wildman–Crippen MR) is 159 cm³/mol. The minimum absolute atomic E-state index is 0.0965. The first-order valence-electron chi connectivity index (χ1n) is 13.5. The van der Waals surface area contributed by atoms with Crippen LogP contribution in [0.1, 0.15) is 41.4 Å². The fourth-order valence-corrected chi connectivity index (χ4v) is 6.62. The van der Waals surface area contributed by atoms with Crippen molar-refractivity contribution in [2.45, 2.75) is 32.7 Å². The third-order valence-corrected chi connectivity index (χ3v) is 8.90. The SMILES string of the molecule is CC(=O)c1ccc(-c2cccc3[nH]c(-c4n[nH]c5ccc(-c6cncc(CN7CCCCC7)c6)cc45)cc23)s1. The Hall–Kier alpha value is -4.07. The minimum Gasteiger partial charge on any atom is -0.353 e. The quantitative estimate of drug-likeness (QED) is 0.216. The zero-order valence-electron chi connectivity index (χ0n) is 21.8. The van der Waals surface area contributed by atoms with Crippen molar-refractivity contribution in [2.75, 3.05) is 13.1 Å². The number of hydrogen-bond donors (Lipinski definition) is 2. The molecule has 0 saturated carbocycles. The van der Waals surface area contributed by atoms with Gasteiger partial charge in [0.05, 0.1) is 16.1 Å². The number of carbonyl (C=O) groups is 1. The number of Topliss-reactive ketones (excluding diaryl/α,β-unsaturated/α-hetero) is 1. The molecule has 194 valence electrons. The number of benzene rings is 2. The van der Waals surface area contributed by atoms with E-state index in [1.54, 1.807) is 6.92 Å². The monoisotopic (exact) mass is 531 g/mol. The van der Waals surface area contributed by atoms with Gasteiger partial charge in [0.25, 0.3) is 0 Å². The molecule has 1 aliphatic heterocycles. The summed E-state index contributed by atoms with van der Waals surface area (Å²) in [6.07, 6.45) is 7.86. The molecule has 2 N–H and O–H groups in total. The number of thiophene rings is 1. The Morgan fingerprint density at radius 2 is 1.82 bits per heavy atom. The number of piperidine rings is 1. The van der Waals surface area contributed by atoms with Crippen LogP contribution in [0.4, 0.5) is 0 Å². The van der Waals surface area contributed by atoms with Gasteiger partial charge in [-0.3, -0.25) is 19.8 Å². The van der Waals surface area contributed by atoms with Crippen molar-refractivity contribution in [3.8, 4) is 33.0 Å². The number of aromatic amines is 2. The largest absolute Gasteiger partial charge is 0.353 e. The number of fused-ring (bicyclic) bond motifs is 2. The Morgan fingerprint density at radius 3 is 2.67 bits per heavy atom. The lowest BCUT2D eigenvalue weighted by molar-refractivity contribution is 0.102. The molecule has 6 aromatic rings. The molecular formula is C32H29N5OS. The molecule has 1 saturated heterocycles. The van der Waals surface area contributed by atoms with Gasteiger partial charge in [0.2, 0.25) is 0 Å². The zero-order chi connectivity index (χ0) is 26.3. The highest BCUT2D eigenvalue weighted by Gasteiger charge is 2.16. The summed E-state index contributed by atoms with van der Waals surface area (Å²) in [5.41, 5.74) is 8.51. The van der Waals surface area contributed by atoms with Crippen LogP contribution in [0.5, 0.6) is 0 Å². The van der Waals surface area contributed by atoms with Crippen LogP contribution in [0.25, 0.3) is 54.8 Å². The van der Waals surface area contributed by atoms with Gasteiger partial charge in [0.15, 0.2) is 5.78 Å². The first kappa shape index (κ1) is 24.0. The number of hydrogen-bond acceptors (Lipinski definition) is 5. The molecule has 0 atom stereocenters. The summed E-state index contributed by atoms with van der Waals surface area (Å²) in [4.78, 5) is 24.4. The van der Waals surface area contributed by atoms with E-state index in [0.29, 0.717) is 0 Å². The molecule has 1 aliphatic rings. The lowest BCUT2D eigenvalue weighted by Crippen LogP contribution is -2.29. The lowest BCUT2D eigenvalue weighted by atomic mass is 10.0. The van der Waals surface area contributed by atoms with Crippen LogP contribution in [0.2, 0.25) is 0 Å². The number of pyridine rings is 1. The number of nitrogens with one attached hydrogen (secondary N) is 2. The molecule has 0 aliphatic carbocycles. The molecule has 1 fully saturated rings. The van der Waals surface area contributed by atoms with Crippen molar-refractivity contribution in [3.63, 3.8) is 0 Å². The summed E-state index contributed by atoms with van der Waals surface area (Å²) < 4.78 is 0. The second kappa shape index (κ2) is 9.91. The average molecular weight is 532 g/mol. The fraction of sp³-hybridized carbons (Fsp3) is 0.219. The number of ketones is 1. The van der Waals surface area contributed by atoms with Gasteiger partial charge in [-0.05, 0) is 86.4 Å². The Balaban J connectivity index is 1.25. The summed E-state index contributed by atoms with van der Waals surface area (Å²) in [7, 11) is 0. The first-order valence-corrected chi connectivity index (χ1v) is 14.3. The van der Waals surface area contributed by atoms with Crippen molar-refractivity contribution < 1.29 is 4.79 Å². The van der Waals surface area contributed by atoms with Crippen LogP contribution in [-0.4, -0.2) is 43.9 Å². The van der Waals surface area contributed by atoms with Crippen LogP contribution in [-0.2, 0) is 6.54 Å². The van der Waals surface area contributed by atoms with Gasteiger partial charge in [-0.2, -0.15) is 5.10 Å². The number of H-pyrrole nitrogens is 2. The van der Waals surface area contributed by atoms with Crippen molar-refractivity contribution >= 4 is 38.9 Å². The molecule has 0 unspecified atom stereocenters. The maximum absolute atomic E-state index is 11.9. The smallest absolute Gasteiger partial charge is 0.169 e. The van der Waals surface area contributed by atoms with E-state index in [2.05, 4.69) is 68.5 Å². The van der Waals surface area contributed by atoms with Crippen LogP contribution >= 0.6 is 11.3 Å². The molecule has 0 bridgehead atoms. The van der Waals surface area contributed by atoms with E-state index in [4.69, 9.17) is 5.10 Å². The highest BCUT2D eigenvalue weighted by molar-refractivity contribution is 7.17. The van der Waals surface area contributed by atoms with Crippen LogP contribution in [0.3, 0.4) is 0 Å². The van der Waals surface area contributed by atoms with Gasteiger partial charge in [-0.25, -0.2) is 0 Å². The first-order chi connectivity index (χ1) is 19.1. The Bertz CT molecular complexity index is 1820. The van der Waals surface area contributed by atoms with Crippen molar-refractivity contribution in [1.29, 1.82) is 0 Å². The van der Waals surface area contributed by atoms with E-state index < -0.39 is 0 Å². The van der Waals surface area contributed by atoms with Crippen molar-refractivity contribution in [1.82, 2.24) is 25.1 Å². The van der Waals surface area contributed by atoms with Crippen molar-refractivity contribution in [2.24, 2.45) is 0 Å². The molecule has 0 amide bonds. The summed E-state index contributed by atoms with van der Waals surface area (Å²) in [5, 5.41) is 10.1. The Labute approximate surface area is 230 Å². The summed E-state index contributed by atoms with van der Waals surface area (Å²) in [5.74, 6) is 0.0965. The number of nitrogens with zero attached hydrogens (tertiary/aromatic N) is 3. The van der Waals surface area contributed by atoms with Gasteiger partial charge in [-0.1, -0.05) is 24.6 Å². The summed E-state index contributed by atoms with van der Waals surface area (Å²) in [6.45, 7) is 4.91. The van der Waals surface area contributed by atoms with Gasteiger partial charge in [0, 0.05) is 51.2 Å². The molecule has 7 heteroatoms. The predicted octanol–water partition coefficient (Wildman–Crippen LogP) is 7.69. The summed E-state index contributed by atoms with van der Waals surface area (Å²) >= 11 is 1.54. The van der Waals surface area contributed by atoms with Gasteiger partial charge >= 0.3 is 0 Å². The molecule has 7 rings (SSSR count). The van der Waals surface area contributed by atoms with E-state index in [1.165, 1.54) is 49.3 Å². The van der Waals surface area contributed by atoms with Crippen LogP contribution < -0.4 is 0 Å². The van der Waals surface area contributed by atoms with E-state index in [0.717, 1.165) is 66.2 Å². The molecule has 0 radical (unpaired) electrons. The van der Waals surface area contributed by atoms with Crippen LogP contribution in [0, 0.1) is 0 Å². The van der Waals surface area contributed by atoms with Crippen molar-refractivity contribution in [3.05, 3.63) is 83.5 Å². The number of aromatic nitrogens is 4. The zero-order valence-corrected chi connectivity index (χ0v) is 22.6. The number of likely N-dealkylation sites (tertiary alicyclic amines) is 1. The molecule has 2 aromatic carbocycles. The van der Waals surface area contributed by atoms with Crippen LogP contribution in [0.15, 0.2) is 73.1 Å². The maximum atomic E-state index is 11.9. The van der Waals surface area contributed by atoms with E-state index in [-0.39, 0.29) is 5.78 Å². The molecule has 6 nitrogen and oxygen atoms in total. The van der Waals surface area contributed by atoms with E-state index in [9.17, 15) is 4.79 Å². The van der Waals surface area contributed by atoms with Gasteiger partial charge in [-0.15, -0.1) is 11.3 Å². The minimum atomic E-state index is 0.0965. The fourth-order valence-electron chi connectivity index (χ4n) is 5.68. The highest BCUT2D eigenvalue weighted by Crippen LogP contribution is 2.37. The number of carbonyl (C=O) groups excluding carboxylic acids is 1. The number of rotatable bonds is 6. The Kier molecular flexibility index (Phi) is 6.10. The Morgan fingerprint density at radius 1 is 0.923 bits per heavy atom. The molecule has 5 heterocycles. The molecule has 39 heavy (non-hydrogen) atoms. The molecule has 4 aromatic heterocycles. The topological polar surface area (TPSA) is 77.7 Å². The third kappa shape index (κ3) is 4.58. The summed E-state index contributed by atoms with van der Waals surface area (Å²) in [6, 6.07) is 21.1. The normalized spacial score (nSPS) is 14.4. The van der Waals surface area contributed by atoms with E-state index >= 15 is 0 Å². The lowest BCUT2D eigenvalue weighted by Gasteiger charge is -2.26. The standard InChI is InChI=1S/C32H29N5OS/c1-20(38)30-10-11-31(39-30)24-6-5-7-27-25(24)16-29(34-27)32-26-15-22(8-9-28(26)35-36-32)23-14-21(17-33-18-23)19-37-12-3-2-4-13-37/h5-11,14-18,34H,2-4,12-13,19H2,1H3,(H,35,36). The second-order valence-electron chi connectivity index (χ2n) is 10.4. The third-order valence-electron chi connectivity index (χ3n) is 7.68.